The minimum atomic E-state index is -3.82. The molecule has 2 aliphatic heterocycles. The van der Waals surface area contributed by atoms with Crippen LogP contribution in [-0.2, 0) is 24.6 Å². The second kappa shape index (κ2) is 8.31. The predicted octanol–water partition coefficient (Wildman–Crippen LogP) is 2.11. The molecular formula is C18H27BrN2O5S2. The number of benzene rings is 1. The molecule has 0 aromatic heterocycles. The number of hydrogen-bond acceptors (Lipinski definition) is 6. The van der Waals surface area contributed by atoms with E-state index in [0.29, 0.717) is 17.6 Å². The second-order valence-corrected chi connectivity index (χ2v) is 12.5. The Morgan fingerprint density at radius 2 is 1.79 bits per heavy atom. The van der Waals surface area contributed by atoms with Crippen LogP contribution in [0.3, 0.4) is 0 Å². The third-order valence-corrected chi connectivity index (χ3v) is 9.26. The summed E-state index contributed by atoms with van der Waals surface area (Å²) in [5, 5.41) is 0. The van der Waals surface area contributed by atoms with Crippen molar-refractivity contribution in [2.45, 2.75) is 54.7 Å². The Hall–Kier alpha value is -0.520. The molecule has 0 amide bonds. The van der Waals surface area contributed by atoms with Crippen molar-refractivity contribution in [1.82, 2.24) is 9.21 Å². The van der Waals surface area contributed by atoms with Crippen LogP contribution in [0.2, 0.25) is 0 Å². The van der Waals surface area contributed by atoms with Crippen LogP contribution in [0.25, 0.3) is 0 Å². The first-order valence-electron chi connectivity index (χ1n) is 9.37. The summed E-state index contributed by atoms with van der Waals surface area (Å²) in [7, 11) is -7.32. The summed E-state index contributed by atoms with van der Waals surface area (Å²) >= 11 is 3.29. The van der Waals surface area contributed by atoms with Gasteiger partial charge in [0, 0.05) is 42.9 Å². The third-order valence-electron chi connectivity index (χ3n) is 5.20. The molecule has 2 saturated heterocycles. The molecule has 2 fully saturated rings. The van der Waals surface area contributed by atoms with Crippen LogP contribution >= 0.6 is 15.9 Å². The molecule has 3 atom stereocenters. The summed E-state index contributed by atoms with van der Waals surface area (Å²) < 4.78 is 58.2. The van der Waals surface area contributed by atoms with Gasteiger partial charge in [0.05, 0.1) is 22.0 Å². The maximum Gasteiger partial charge on any atom is 0.244 e. The van der Waals surface area contributed by atoms with E-state index in [1.807, 2.05) is 13.8 Å². The average molecular weight is 495 g/mol. The molecule has 3 unspecified atom stereocenters. The molecule has 28 heavy (non-hydrogen) atoms. The molecule has 2 aliphatic rings. The third kappa shape index (κ3) is 4.79. The van der Waals surface area contributed by atoms with Gasteiger partial charge in [-0.3, -0.25) is 4.90 Å². The minimum absolute atomic E-state index is 0.000788. The van der Waals surface area contributed by atoms with Gasteiger partial charge in [-0.15, -0.1) is 0 Å². The monoisotopic (exact) mass is 494 g/mol. The fraction of sp³-hybridized carbons (Fsp3) is 0.667. The van der Waals surface area contributed by atoms with Crippen molar-refractivity contribution in [2.75, 3.05) is 32.4 Å². The summed E-state index contributed by atoms with van der Waals surface area (Å²) in [5.74, 6) is 0. The number of sulfone groups is 1. The highest BCUT2D eigenvalue weighted by Crippen LogP contribution is 2.32. The molecular weight excluding hydrogens is 468 g/mol. The summed E-state index contributed by atoms with van der Waals surface area (Å²) in [4.78, 5) is 2.27. The van der Waals surface area contributed by atoms with Crippen molar-refractivity contribution in [1.29, 1.82) is 0 Å². The zero-order chi connectivity index (χ0) is 20.7. The zero-order valence-corrected chi connectivity index (χ0v) is 19.6. The first-order valence-corrected chi connectivity index (χ1v) is 13.5. The second-order valence-electron chi connectivity index (χ2n) is 7.75. The predicted molar refractivity (Wildman–Crippen MR) is 111 cm³/mol. The number of hydrogen-bond donors (Lipinski definition) is 0. The summed E-state index contributed by atoms with van der Waals surface area (Å²) in [5.41, 5.74) is 0. The van der Waals surface area contributed by atoms with Gasteiger partial charge in [-0.05, 0) is 60.8 Å². The summed E-state index contributed by atoms with van der Waals surface area (Å²) in [6, 6.07) is 4.02. The molecule has 0 aliphatic carbocycles. The van der Waals surface area contributed by atoms with Crippen LogP contribution in [-0.4, -0.2) is 76.7 Å². The maximum absolute atomic E-state index is 13.4. The molecule has 158 valence electrons. The smallest absolute Gasteiger partial charge is 0.244 e. The Balaban J connectivity index is 1.87. The van der Waals surface area contributed by atoms with Crippen molar-refractivity contribution in [3.8, 4) is 0 Å². The average Bonchev–Trinajstić information content (AvgIpc) is 3.02. The molecule has 0 saturated carbocycles. The Morgan fingerprint density at radius 3 is 2.39 bits per heavy atom. The van der Waals surface area contributed by atoms with Crippen molar-refractivity contribution < 1.29 is 21.6 Å². The topological polar surface area (TPSA) is 84.0 Å². The van der Waals surface area contributed by atoms with Crippen molar-refractivity contribution in [2.24, 2.45) is 0 Å². The number of rotatable bonds is 5. The Labute approximate surface area is 176 Å². The summed E-state index contributed by atoms with van der Waals surface area (Å²) in [6.07, 6.45) is 2.91. The first kappa shape index (κ1) is 22.2. The standard InChI is InChI=1S/C18H27BrN2O5S2/c1-13-10-20(11-14(2)26-13)12-15-5-4-8-21(15)28(24,25)18-9-16(27(3,22)23)6-7-17(18)19/h6-7,9,13-15H,4-5,8,10-12H2,1-3H3. The minimum Gasteiger partial charge on any atom is -0.373 e. The molecule has 7 nitrogen and oxygen atoms in total. The van der Waals surface area contributed by atoms with Crippen LogP contribution in [0.4, 0.5) is 0 Å². The fourth-order valence-corrected chi connectivity index (χ4v) is 7.44. The molecule has 1 aromatic rings. The Morgan fingerprint density at radius 1 is 1.14 bits per heavy atom. The lowest BCUT2D eigenvalue weighted by Gasteiger charge is -2.38. The maximum atomic E-state index is 13.4. The lowest BCUT2D eigenvalue weighted by molar-refractivity contribution is -0.0707. The number of ether oxygens (including phenoxy) is 1. The lowest BCUT2D eigenvalue weighted by atomic mass is 10.1. The largest absolute Gasteiger partial charge is 0.373 e. The van der Waals surface area contributed by atoms with E-state index in [-0.39, 0.29) is 28.0 Å². The fourth-order valence-electron chi connectivity index (χ4n) is 4.08. The van der Waals surface area contributed by atoms with Gasteiger partial charge >= 0.3 is 0 Å². The molecule has 1 aromatic carbocycles. The molecule has 0 radical (unpaired) electrons. The molecule has 10 heteroatoms. The van der Waals surface area contributed by atoms with Gasteiger partial charge in [0.15, 0.2) is 9.84 Å². The van der Waals surface area contributed by atoms with Crippen molar-refractivity contribution >= 4 is 35.8 Å². The van der Waals surface area contributed by atoms with E-state index in [0.717, 1.165) is 32.2 Å². The van der Waals surface area contributed by atoms with E-state index < -0.39 is 19.9 Å². The van der Waals surface area contributed by atoms with E-state index in [4.69, 9.17) is 4.74 Å². The highest BCUT2D eigenvalue weighted by Gasteiger charge is 2.38. The van der Waals surface area contributed by atoms with Crippen LogP contribution in [0.15, 0.2) is 32.5 Å². The van der Waals surface area contributed by atoms with Crippen LogP contribution in [0.5, 0.6) is 0 Å². The van der Waals surface area contributed by atoms with E-state index >= 15 is 0 Å². The van der Waals surface area contributed by atoms with Crippen molar-refractivity contribution in [3.63, 3.8) is 0 Å². The van der Waals surface area contributed by atoms with Gasteiger partial charge in [-0.2, -0.15) is 4.31 Å². The van der Waals surface area contributed by atoms with Gasteiger partial charge in [-0.1, -0.05) is 0 Å². The van der Waals surface area contributed by atoms with Gasteiger partial charge in [0.25, 0.3) is 0 Å². The quantitative estimate of drug-likeness (QED) is 0.623. The van der Waals surface area contributed by atoms with Crippen LogP contribution < -0.4 is 0 Å². The molecule has 2 heterocycles. The molecule has 0 spiro atoms. The molecule has 0 bridgehead atoms. The zero-order valence-electron chi connectivity index (χ0n) is 16.3. The summed E-state index contributed by atoms with van der Waals surface area (Å²) in [6.45, 7) is 6.71. The van der Waals surface area contributed by atoms with Gasteiger partial charge < -0.3 is 4.74 Å². The SMILES string of the molecule is CC1CN(CC2CCCN2S(=O)(=O)c2cc(S(C)(=O)=O)ccc2Br)CC(C)O1. The van der Waals surface area contributed by atoms with Gasteiger partial charge in [0.2, 0.25) is 10.0 Å². The highest BCUT2D eigenvalue weighted by molar-refractivity contribution is 9.10. The number of nitrogens with zero attached hydrogens (tertiary/aromatic N) is 2. The van der Waals surface area contributed by atoms with Gasteiger partial charge in [0.1, 0.15) is 0 Å². The van der Waals surface area contributed by atoms with Gasteiger partial charge in [-0.25, -0.2) is 16.8 Å². The number of morpholine rings is 1. The van der Waals surface area contributed by atoms with Crippen LogP contribution in [0, 0.1) is 0 Å². The highest BCUT2D eigenvalue weighted by atomic mass is 79.9. The Kier molecular flexibility index (Phi) is 6.58. The molecule has 0 N–H and O–H groups in total. The van der Waals surface area contributed by atoms with E-state index in [1.165, 1.54) is 22.5 Å². The van der Waals surface area contributed by atoms with Crippen molar-refractivity contribution in [3.05, 3.63) is 22.7 Å². The molecule has 3 rings (SSSR count). The number of sulfonamides is 1. The lowest BCUT2D eigenvalue weighted by Crippen LogP contribution is -2.50. The number of halogens is 1. The van der Waals surface area contributed by atoms with E-state index in [1.54, 1.807) is 0 Å². The Bertz CT molecular complexity index is 925. The normalized spacial score (nSPS) is 27.9. The first-order chi connectivity index (χ1) is 13.0. The van der Waals surface area contributed by atoms with E-state index in [9.17, 15) is 16.8 Å². The van der Waals surface area contributed by atoms with E-state index in [2.05, 4.69) is 20.8 Å². The van der Waals surface area contributed by atoms with Crippen LogP contribution in [0.1, 0.15) is 26.7 Å².